The van der Waals surface area contributed by atoms with Crippen molar-refractivity contribution < 1.29 is 14.6 Å². The van der Waals surface area contributed by atoms with E-state index in [-0.39, 0.29) is 17.2 Å². The Morgan fingerprint density at radius 1 is 1.03 bits per heavy atom. The van der Waals surface area contributed by atoms with Gasteiger partial charge in [-0.05, 0) is 37.0 Å². The van der Waals surface area contributed by atoms with Crippen LogP contribution < -0.4 is 5.32 Å². The molecule has 0 aliphatic heterocycles. The Labute approximate surface area is 175 Å². The molecule has 1 aromatic heterocycles. The number of nitrogens with zero attached hydrogens (tertiary/aromatic N) is 4. The summed E-state index contributed by atoms with van der Waals surface area (Å²) in [5.74, 6) is -0.898. The molecule has 11 heteroatoms. The van der Waals surface area contributed by atoms with E-state index in [9.17, 15) is 25.0 Å². The summed E-state index contributed by atoms with van der Waals surface area (Å²) in [5.41, 5.74) is 1.54. The third-order valence-electron chi connectivity index (χ3n) is 4.00. The lowest BCUT2D eigenvalue weighted by molar-refractivity contribution is -0.392. The van der Waals surface area contributed by atoms with Crippen LogP contribution in [0.4, 0.5) is 17.2 Å². The van der Waals surface area contributed by atoms with Crippen LogP contribution in [-0.2, 0) is 11.3 Å². The van der Waals surface area contributed by atoms with E-state index in [1.165, 1.54) is 30.0 Å². The van der Waals surface area contributed by atoms with E-state index in [0.717, 1.165) is 15.1 Å². The highest BCUT2D eigenvalue weighted by molar-refractivity contribution is 7.99. The molecule has 154 valence electrons. The summed E-state index contributed by atoms with van der Waals surface area (Å²) >= 11 is 1.32. The highest BCUT2D eigenvalue weighted by atomic mass is 32.2. The Morgan fingerprint density at radius 2 is 1.73 bits per heavy atom. The lowest BCUT2D eigenvalue weighted by Gasteiger charge is -2.08. The first-order valence-electron chi connectivity index (χ1n) is 8.74. The van der Waals surface area contributed by atoms with Crippen molar-refractivity contribution in [3.05, 3.63) is 80.0 Å². The van der Waals surface area contributed by atoms with Crippen molar-refractivity contribution in [2.75, 3.05) is 5.32 Å². The monoisotopic (exact) mass is 427 g/mol. The first kappa shape index (κ1) is 21.0. The Morgan fingerprint density at radius 3 is 2.37 bits per heavy atom. The van der Waals surface area contributed by atoms with Gasteiger partial charge in [0.05, 0.1) is 16.7 Å². The summed E-state index contributed by atoms with van der Waals surface area (Å²) in [6, 6.07) is 13.2. The molecule has 3 rings (SSSR count). The van der Waals surface area contributed by atoms with Crippen molar-refractivity contribution in [3.8, 4) is 0 Å². The molecule has 0 radical (unpaired) electrons. The van der Waals surface area contributed by atoms with E-state index in [1.54, 1.807) is 13.0 Å². The maximum absolute atomic E-state index is 12.4. The number of hydrogen-bond donors (Lipinski definition) is 1. The van der Waals surface area contributed by atoms with Crippen molar-refractivity contribution >= 4 is 34.9 Å². The number of aryl methyl sites for hydroxylation is 2. The van der Waals surface area contributed by atoms with Gasteiger partial charge in [0.1, 0.15) is 0 Å². The lowest BCUT2D eigenvalue weighted by Crippen LogP contribution is -2.20. The number of carbonyl (C=O) groups excluding carboxylic acids is 1. The van der Waals surface area contributed by atoms with E-state index in [2.05, 4.69) is 10.4 Å². The second-order valence-corrected chi connectivity index (χ2v) is 7.64. The first-order chi connectivity index (χ1) is 14.2. The number of hydrogen-bond acceptors (Lipinski definition) is 7. The van der Waals surface area contributed by atoms with Gasteiger partial charge < -0.3 is 15.4 Å². The number of rotatable bonds is 7. The summed E-state index contributed by atoms with van der Waals surface area (Å²) in [6.45, 7) is 3.14. The van der Waals surface area contributed by atoms with Gasteiger partial charge in [-0.3, -0.25) is 14.9 Å². The molecule has 0 saturated carbocycles. The van der Waals surface area contributed by atoms with Gasteiger partial charge in [-0.2, -0.15) is 0 Å². The van der Waals surface area contributed by atoms with Crippen molar-refractivity contribution in [3.63, 3.8) is 0 Å². The van der Waals surface area contributed by atoms with Crippen LogP contribution in [0.2, 0.25) is 0 Å². The van der Waals surface area contributed by atoms with Crippen LogP contribution >= 0.6 is 11.8 Å². The molecule has 0 aliphatic carbocycles. The molecule has 0 unspecified atom stereocenters. The van der Waals surface area contributed by atoms with Gasteiger partial charge in [-0.1, -0.05) is 34.6 Å². The highest BCUT2D eigenvalue weighted by Gasteiger charge is 2.20. The molecule has 1 N–H and O–H groups in total. The van der Waals surface area contributed by atoms with E-state index in [0.29, 0.717) is 10.6 Å². The van der Waals surface area contributed by atoms with Gasteiger partial charge in [0.25, 0.3) is 11.6 Å². The van der Waals surface area contributed by atoms with Gasteiger partial charge >= 0.3 is 5.82 Å². The average molecular weight is 427 g/mol. The zero-order chi connectivity index (χ0) is 21.8. The standard InChI is InChI=1S/C19H17N5O5S/c1-12-3-5-16(6-4-12)30-17-9-14(8-15(10-17)23(26)27)20-18(25)11-22-19(24(28)29)7-13(2)21-22/h3-10H,11H2,1-2H3,(H,20,25). The number of non-ortho nitro benzene ring substituents is 1. The maximum Gasteiger partial charge on any atom is 0.345 e. The van der Waals surface area contributed by atoms with Crippen LogP contribution in [0.1, 0.15) is 11.3 Å². The number of carbonyl (C=O) groups is 1. The lowest BCUT2D eigenvalue weighted by atomic mass is 10.2. The quantitative estimate of drug-likeness (QED) is 0.443. The third kappa shape index (κ3) is 5.20. The first-order valence-corrected chi connectivity index (χ1v) is 9.55. The zero-order valence-electron chi connectivity index (χ0n) is 16.1. The second-order valence-electron chi connectivity index (χ2n) is 6.49. The summed E-state index contributed by atoms with van der Waals surface area (Å²) < 4.78 is 0.976. The summed E-state index contributed by atoms with van der Waals surface area (Å²) in [7, 11) is 0. The largest absolute Gasteiger partial charge is 0.358 e. The van der Waals surface area contributed by atoms with Crippen molar-refractivity contribution in [1.82, 2.24) is 9.78 Å². The average Bonchev–Trinajstić information content (AvgIpc) is 3.03. The van der Waals surface area contributed by atoms with E-state index in [4.69, 9.17) is 0 Å². The van der Waals surface area contributed by atoms with Gasteiger partial charge in [0.15, 0.2) is 6.54 Å². The van der Waals surface area contributed by atoms with E-state index in [1.807, 2.05) is 31.2 Å². The van der Waals surface area contributed by atoms with Crippen LogP contribution in [0.3, 0.4) is 0 Å². The molecule has 10 nitrogen and oxygen atoms in total. The van der Waals surface area contributed by atoms with Crippen LogP contribution in [0.5, 0.6) is 0 Å². The molecule has 0 bridgehead atoms. The minimum absolute atomic E-state index is 0.177. The number of nitro benzene ring substituents is 1. The third-order valence-corrected chi connectivity index (χ3v) is 4.98. The normalized spacial score (nSPS) is 10.6. The Bertz CT molecular complexity index is 1130. The topological polar surface area (TPSA) is 133 Å². The van der Waals surface area contributed by atoms with E-state index >= 15 is 0 Å². The summed E-state index contributed by atoms with van der Waals surface area (Å²) in [5, 5.41) is 28.9. The molecular weight excluding hydrogens is 410 g/mol. The van der Waals surface area contributed by atoms with Crippen molar-refractivity contribution in [2.24, 2.45) is 0 Å². The fraction of sp³-hybridized carbons (Fsp3) is 0.158. The van der Waals surface area contributed by atoms with Crippen LogP contribution in [-0.4, -0.2) is 25.5 Å². The Balaban J connectivity index is 1.81. The molecule has 0 atom stereocenters. The molecular formula is C19H17N5O5S. The van der Waals surface area contributed by atoms with Crippen LogP contribution in [0.25, 0.3) is 0 Å². The van der Waals surface area contributed by atoms with Crippen molar-refractivity contribution in [2.45, 2.75) is 30.2 Å². The Kier molecular flexibility index (Phi) is 6.11. The van der Waals surface area contributed by atoms with Gasteiger partial charge in [0, 0.05) is 27.6 Å². The van der Waals surface area contributed by atoms with Crippen LogP contribution in [0, 0.1) is 34.1 Å². The Hall–Kier alpha value is -3.73. The van der Waals surface area contributed by atoms with E-state index < -0.39 is 22.3 Å². The predicted octanol–water partition coefficient (Wildman–Crippen LogP) is 4.11. The summed E-state index contributed by atoms with van der Waals surface area (Å²) in [6.07, 6.45) is 0. The predicted molar refractivity (Wildman–Crippen MR) is 111 cm³/mol. The van der Waals surface area contributed by atoms with Gasteiger partial charge in [-0.15, -0.1) is 4.68 Å². The molecule has 0 saturated heterocycles. The number of aromatic nitrogens is 2. The summed E-state index contributed by atoms with van der Waals surface area (Å²) in [4.78, 5) is 35.0. The molecule has 1 amide bonds. The molecule has 2 aromatic carbocycles. The molecule has 0 aliphatic rings. The molecule has 1 heterocycles. The van der Waals surface area contributed by atoms with Gasteiger partial charge in [-0.25, -0.2) is 0 Å². The maximum atomic E-state index is 12.4. The number of anilines is 1. The number of nitro groups is 2. The smallest absolute Gasteiger partial charge is 0.345 e. The van der Waals surface area contributed by atoms with Crippen molar-refractivity contribution in [1.29, 1.82) is 0 Å². The fourth-order valence-corrected chi connectivity index (χ4v) is 3.60. The molecule has 30 heavy (non-hydrogen) atoms. The zero-order valence-corrected chi connectivity index (χ0v) is 16.9. The fourth-order valence-electron chi connectivity index (χ4n) is 2.69. The number of benzene rings is 2. The molecule has 0 fully saturated rings. The van der Waals surface area contributed by atoms with Crippen LogP contribution in [0.15, 0.2) is 58.3 Å². The SMILES string of the molecule is Cc1ccc(Sc2cc(NC(=O)Cn3nc(C)cc3[N+](=O)[O-])cc([N+](=O)[O-])c2)cc1. The highest BCUT2D eigenvalue weighted by Crippen LogP contribution is 2.33. The number of amides is 1. The molecule has 3 aromatic rings. The van der Waals surface area contributed by atoms with Gasteiger partial charge in [0.2, 0.25) is 0 Å². The number of nitrogens with one attached hydrogen (secondary N) is 1. The second kappa shape index (κ2) is 8.74. The minimum atomic E-state index is -0.628. The molecule has 0 spiro atoms. The minimum Gasteiger partial charge on any atom is -0.358 e.